The van der Waals surface area contributed by atoms with E-state index in [1.807, 2.05) is 0 Å². The molecule has 0 aliphatic carbocycles. The van der Waals surface area contributed by atoms with Gasteiger partial charge in [-0.15, -0.1) is 0 Å². The number of nitrogens with zero attached hydrogens (tertiary/aromatic N) is 3. The normalized spacial score (nSPS) is 13.5. The fourth-order valence-corrected chi connectivity index (χ4v) is 6.46. The second-order valence-corrected chi connectivity index (χ2v) is 11.2. The van der Waals surface area contributed by atoms with E-state index in [4.69, 9.17) is 19.0 Å². The Morgan fingerprint density at radius 2 is 2.16 bits per heavy atom. The minimum absolute atomic E-state index is 0.276. The zero-order chi connectivity index (χ0) is 23.4. The van der Waals surface area contributed by atoms with Crippen LogP contribution >= 0.6 is 15.9 Å². The Bertz CT molecular complexity index is 917. The topological polar surface area (TPSA) is 95.5 Å². The molecule has 0 fully saturated rings. The van der Waals surface area contributed by atoms with Crippen molar-refractivity contribution in [2.24, 2.45) is 7.05 Å². The molecule has 0 bridgehead atoms. The van der Waals surface area contributed by atoms with Gasteiger partial charge in [0.05, 0.1) is 39.1 Å². The minimum atomic E-state index is -1.30. The predicted molar refractivity (Wildman–Crippen MR) is 128 cm³/mol. The summed E-state index contributed by atoms with van der Waals surface area (Å²) in [7, 11) is -0.170. The first-order valence-corrected chi connectivity index (χ1v) is 13.5. The number of nitriles is 1. The summed E-state index contributed by atoms with van der Waals surface area (Å²) in [5.41, 5.74) is 1.97. The van der Waals surface area contributed by atoms with Gasteiger partial charge in [0.25, 0.3) is 5.56 Å². The smallest absolute Gasteiger partial charge is 0.330 e. The molecule has 0 aliphatic heterocycles. The van der Waals surface area contributed by atoms with E-state index >= 15 is 0 Å². The molecule has 1 heterocycles. The van der Waals surface area contributed by atoms with Crippen LogP contribution in [0.1, 0.15) is 38.7 Å². The van der Waals surface area contributed by atoms with Gasteiger partial charge in [-0.25, -0.2) is 4.79 Å². The molecule has 1 rings (SSSR count). The SMILES string of the molecule is C=C(C)OCC(CCn1cc(C)c(=O)n(C)c1=O)OP(C=[P+](C)CCC)OCCC#N. The lowest BCUT2D eigenvalue weighted by Gasteiger charge is -2.22. The fourth-order valence-electron chi connectivity index (χ4n) is 2.72. The molecule has 1 aromatic heterocycles. The summed E-state index contributed by atoms with van der Waals surface area (Å²) < 4.78 is 20.3. The minimum Gasteiger partial charge on any atom is -0.496 e. The van der Waals surface area contributed by atoms with Crippen LogP contribution in [0.2, 0.25) is 0 Å². The molecule has 1 aromatic rings. The first-order valence-electron chi connectivity index (χ1n) is 10.3. The maximum absolute atomic E-state index is 12.4. The molecule has 0 aliphatic rings. The molecule has 0 saturated heterocycles. The van der Waals surface area contributed by atoms with Gasteiger partial charge in [0.1, 0.15) is 18.9 Å². The molecule has 0 radical (unpaired) electrons. The van der Waals surface area contributed by atoms with Crippen LogP contribution in [0.4, 0.5) is 0 Å². The van der Waals surface area contributed by atoms with Gasteiger partial charge in [0, 0.05) is 25.4 Å². The third kappa shape index (κ3) is 9.93. The van der Waals surface area contributed by atoms with E-state index < -0.39 is 8.38 Å². The van der Waals surface area contributed by atoms with Crippen LogP contribution in [0, 0.1) is 18.3 Å². The van der Waals surface area contributed by atoms with E-state index in [1.54, 1.807) is 20.0 Å². The maximum atomic E-state index is 12.4. The van der Waals surface area contributed by atoms with Crippen LogP contribution in [-0.4, -0.2) is 46.8 Å². The summed E-state index contributed by atoms with van der Waals surface area (Å²) in [5, 5.41) is 8.82. The zero-order valence-electron chi connectivity index (χ0n) is 19.2. The Kier molecular flexibility index (Phi) is 12.6. The molecule has 3 atom stereocenters. The Hall–Kier alpha value is -1.77. The number of aryl methyl sites for hydroxylation is 2. The number of ether oxygens (including phenoxy) is 1. The Balaban J connectivity index is 3.00. The standard InChI is InChI=1S/C21H34N3O5P2/c1-7-13-30(6)16-31(28-12-8-10-22)29-19(15-27-17(2)3)9-11-24-14-18(4)20(25)23(5)21(24)26/h14,16,19H,2,7-9,11-13,15H2,1,3-6H3/q+1. The van der Waals surface area contributed by atoms with Gasteiger partial charge in [-0.1, -0.05) is 13.5 Å². The number of rotatable bonds is 14. The summed E-state index contributed by atoms with van der Waals surface area (Å²) in [5.74, 6) is 0.575. The second-order valence-electron chi connectivity index (χ2n) is 7.30. The van der Waals surface area contributed by atoms with Gasteiger partial charge in [-0.05, 0) is 26.7 Å². The lowest BCUT2D eigenvalue weighted by Crippen LogP contribution is -2.39. The van der Waals surface area contributed by atoms with E-state index in [1.165, 1.54) is 11.6 Å². The van der Waals surface area contributed by atoms with Crippen molar-refractivity contribution in [1.82, 2.24) is 9.13 Å². The average Bonchev–Trinajstić information content (AvgIpc) is 2.71. The molecular weight excluding hydrogens is 436 g/mol. The summed E-state index contributed by atoms with van der Waals surface area (Å²) in [4.78, 5) is 24.4. The van der Waals surface area contributed by atoms with Crippen molar-refractivity contribution in [1.29, 1.82) is 5.26 Å². The van der Waals surface area contributed by atoms with Crippen molar-refractivity contribution in [2.75, 3.05) is 26.0 Å². The van der Waals surface area contributed by atoms with Crippen LogP contribution in [-0.2, 0) is 27.4 Å². The highest BCUT2D eigenvalue weighted by Crippen LogP contribution is 2.42. The molecule has 0 N–H and O–H groups in total. The summed E-state index contributed by atoms with van der Waals surface area (Å²) >= 11 is 0. The molecule has 0 spiro atoms. The van der Waals surface area contributed by atoms with E-state index in [0.717, 1.165) is 17.1 Å². The van der Waals surface area contributed by atoms with Gasteiger partial charge >= 0.3 is 5.69 Å². The van der Waals surface area contributed by atoms with Crippen molar-refractivity contribution in [3.63, 3.8) is 0 Å². The van der Waals surface area contributed by atoms with Crippen LogP contribution in [0.5, 0.6) is 0 Å². The largest absolute Gasteiger partial charge is 0.496 e. The monoisotopic (exact) mass is 470 g/mol. The number of aromatic nitrogens is 2. The van der Waals surface area contributed by atoms with Gasteiger partial charge in [0.15, 0.2) is 5.54 Å². The summed E-state index contributed by atoms with van der Waals surface area (Å²) in [6.07, 6.45) is 4.19. The van der Waals surface area contributed by atoms with Crippen molar-refractivity contribution >= 4 is 21.5 Å². The fraction of sp³-hybridized carbons (Fsp3) is 0.619. The lowest BCUT2D eigenvalue weighted by atomic mass is 10.2. The van der Waals surface area contributed by atoms with Crippen molar-refractivity contribution in [3.8, 4) is 6.07 Å². The van der Waals surface area contributed by atoms with Gasteiger partial charge < -0.3 is 18.4 Å². The molecular formula is C21H34N3O5P2+. The van der Waals surface area contributed by atoms with Crippen molar-refractivity contribution < 1.29 is 13.8 Å². The van der Waals surface area contributed by atoms with E-state index in [2.05, 4.69) is 31.8 Å². The molecule has 172 valence electrons. The van der Waals surface area contributed by atoms with E-state index in [0.29, 0.717) is 37.3 Å². The molecule has 10 heteroatoms. The van der Waals surface area contributed by atoms with E-state index in [9.17, 15) is 9.59 Å². The number of hydrogen-bond acceptors (Lipinski definition) is 6. The molecule has 31 heavy (non-hydrogen) atoms. The summed E-state index contributed by atoms with van der Waals surface area (Å²) in [6.45, 7) is 12.5. The van der Waals surface area contributed by atoms with Crippen molar-refractivity contribution in [2.45, 2.75) is 52.7 Å². The van der Waals surface area contributed by atoms with Crippen LogP contribution in [0.3, 0.4) is 0 Å². The third-order valence-electron chi connectivity index (χ3n) is 4.28. The van der Waals surface area contributed by atoms with Crippen LogP contribution in [0.15, 0.2) is 28.1 Å². The van der Waals surface area contributed by atoms with Crippen LogP contribution < -0.4 is 11.2 Å². The highest BCUT2D eigenvalue weighted by atomic mass is 31.2. The molecule has 0 amide bonds. The number of hydrogen-bond donors (Lipinski definition) is 0. The van der Waals surface area contributed by atoms with Gasteiger partial charge in [0.2, 0.25) is 8.38 Å². The van der Waals surface area contributed by atoms with Gasteiger partial charge in [-0.2, -0.15) is 5.26 Å². The Labute approximate surface area is 186 Å². The van der Waals surface area contributed by atoms with Crippen molar-refractivity contribution in [3.05, 3.63) is 44.9 Å². The molecule has 8 nitrogen and oxygen atoms in total. The number of allylic oxidation sites excluding steroid dienone is 1. The van der Waals surface area contributed by atoms with Crippen LogP contribution in [0.25, 0.3) is 0 Å². The quantitative estimate of drug-likeness (QED) is 0.234. The highest BCUT2D eigenvalue weighted by molar-refractivity contribution is 7.80. The molecule has 0 saturated carbocycles. The maximum Gasteiger partial charge on any atom is 0.330 e. The molecule has 0 aromatic carbocycles. The lowest BCUT2D eigenvalue weighted by molar-refractivity contribution is 0.0795. The average molecular weight is 470 g/mol. The third-order valence-corrected chi connectivity index (χ3v) is 8.71. The first-order chi connectivity index (χ1) is 14.7. The highest BCUT2D eigenvalue weighted by Gasteiger charge is 2.22. The van der Waals surface area contributed by atoms with E-state index in [-0.39, 0.29) is 31.5 Å². The predicted octanol–water partition coefficient (Wildman–Crippen LogP) is 3.70. The second kappa shape index (κ2) is 14.3. The van der Waals surface area contributed by atoms with Gasteiger partial charge in [-0.3, -0.25) is 9.36 Å². The zero-order valence-corrected chi connectivity index (χ0v) is 21.0. The Morgan fingerprint density at radius 3 is 2.77 bits per heavy atom. The summed E-state index contributed by atoms with van der Waals surface area (Å²) in [6, 6.07) is 2.08. The Morgan fingerprint density at radius 1 is 1.45 bits per heavy atom. The molecule has 3 unspecified atom stereocenters. The first kappa shape index (κ1) is 27.3.